The molecule has 4 nitrogen and oxygen atoms in total. The quantitative estimate of drug-likeness (QED) is 0.781. The van der Waals surface area contributed by atoms with Gasteiger partial charge in [-0.3, -0.25) is 0 Å². The largest absolute Gasteiger partial charge is 0.392 e. The molecule has 0 aliphatic heterocycles. The molecule has 1 fully saturated rings. The van der Waals surface area contributed by atoms with E-state index >= 15 is 0 Å². The molecule has 0 heterocycles. The van der Waals surface area contributed by atoms with E-state index in [4.69, 9.17) is 0 Å². The number of carbonyl (C=O) groups excluding carboxylic acids is 1. The highest BCUT2D eigenvalue weighted by atomic mass is 16.3. The molecule has 0 radical (unpaired) electrons. The molecule has 1 saturated carbocycles. The molecule has 0 bridgehead atoms. The molecular formula is C17H26N2O2. The Morgan fingerprint density at radius 1 is 1.24 bits per heavy atom. The third-order valence-corrected chi connectivity index (χ3v) is 4.32. The van der Waals surface area contributed by atoms with Gasteiger partial charge >= 0.3 is 6.03 Å². The van der Waals surface area contributed by atoms with Crippen molar-refractivity contribution in [1.82, 2.24) is 10.6 Å². The van der Waals surface area contributed by atoms with Crippen LogP contribution in [0.15, 0.2) is 24.3 Å². The third kappa shape index (κ3) is 5.05. The van der Waals surface area contributed by atoms with E-state index in [0.29, 0.717) is 12.5 Å². The molecule has 1 aliphatic rings. The molecular weight excluding hydrogens is 264 g/mol. The standard InChI is InChI=1S/C17H26N2O2/c1-13-5-4-6-14(9-13)10-18-17(21)19-11-15-7-2-3-8-16(15)12-20/h2-3,7-8,13-14,20H,4-6,9-12H2,1H3,(H2,18,19,21). The summed E-state index contributed by atoms with van der Waals surface area (Å²) >= 11 is 0. The molecule has 4 heteroatoms. The SMILES string of the molecule is CC1CCCC(CNC(=O)NCc2ccccc2CO)C1. The van der Waals surface area contributed by atoms with Crippen LogP contribution in [-0.4, -0.2) is 17.7 Å². The first kappa shape index (κ1) is 15.8. The van der Waals surface area contributed by atoms with Crippen LogP contribution in [0, 0.1) is 11.8 Å². The first-order valence-electron chi connectivity index (χ1n) is 7.88. The number of carbonyl (C=O) groups is 1. The molecule has 1 aromatic rings. The maximum atomic E-state index is 11.9. The van der Waals surface area contributed by atoms with Gasteiger partial charge in [0.1, 0.15) is 0 Å². The van der Waals surface area contributed by atoms with Crippen LogP contribution < -0.4 is 10.6 Å². The van der Waals surface area contributed by atoms with Gasteiger partial charge in [-0.15, -0.1) is 0 Å². The summed E-state index contributed by atoms with van der Waals surface area (Å²) in [5.41, 5.74) is 1.82. The van der Waals surface area contributed by atoms with Gasteiger partial charge in [0.15, 0.2) is 0 Å². The second kappa shape index (κ2) is 8.03. The van der Waals surface area contributed by atoms with E-state index in [2.05, 4.69) is 17.6 Å². The van der Waals surface area contributed by atoms with E-state index in [0.717, 1.165) is 23.6 Å². The van der Waals surface area contributed by atoms with Crippen LogP contribution >= 0.6 is 0 Å². The summed E-state index contributed by atoms with van der Waals surface area (Å²) in [6.07, 6.45) is 5.03. The number of hydrogen-bond donors (Lipinski definition) is 3. The topological polar surface area (TPSA) is 61.4 Å². The number of urea groups is 1. The zero-order valence-corrected chi connectivity index (χ0v) is 12.8. The monoisotopic (exact) mass is 290 g/mol. The second-order valence-electron chi connectivity index (χ2n) is 6.13. The van der Waals surface area contributed by atoms with Crippen molar-refractivity contribution in [2.45, 2.75) is 45.8 Å². The first-order valence-corrected chi connectivity index (χ1v) is 7.88. The van der Waals surface area contributed by atoms with Gasteiger partial charge in [-0.05, 0) is 35.8 Å². The number of amides is 2. The summed E-state index contributed by atoms with van der Waals surface area (Å²) in [6.45, 7) is 3.50. The van der Waals surface area contributed by atoms with Crippen LogP contribution in [0.25, 0.3) is 0 Å². The normalized spacial score (nSPS) is 21.8. The van der Waals surface area contributed by atoms with Crippen molar-refractivity contribution in [3.63, 3.8) is 0 Å². The van der Waals surface area contributed by atoms with E-state index in [1.807, 2.05) is 24.3 Å². The Bertz CT molecular complexity index is 462. The van der Waals surface area contributed by atoms with E-state index in [-0.39, 0.29) is 12.6 Å². The fraction of sp³-hybridized carbons (Fsp3) is 0.588. The number of hydrogen-bond acceptors (Lipinski definition) is 2. The molecule has 0 aromatic heterocycles. The molecule has 2 amide bonds. The Morgan fingerprint density at radius 2 is 2.00 bits per heavy atom. The summed E-state index contributed by atoms with van der Waals surface area (Å²) in [5, 5.41) is 15.1. The van der Waals surface area contributed by atoms with Crippen molar-refractivity contribution >= 4 is 6.03 Å². The van der Waals surface area contributed by atoms with Gasteiger partial charge < -0.3 is 15.7 Å². The van der Waals surface area contributed by atoms with Gasteiger partial charge in [0, 0.05) is 13.1 Å². The van der Waals surface area contributed by atoms with Crippen LogP contribution in [0.2, 0.25) is 0 Å². The fourth-order valence-electron chi connectivity index (χ4n) is 3.10. The van der Waals surface area contributed by atoms with Crippen molar-refractivity contribution in [2.24, 2.45) is 11.8 Å². The van der Waals surface area contributed by atoms with Crippen LogP contribution in [0.4, 0.5) is 4.79 Å². The lowest BCUT2D eigenvalue weighted by molar-refractivity contribution is 0.230. The van der Waals surface area contributed by atoms with Gasteiger partial charge in [0.2, 0.25) is 0 Å². The van der Waals surface area contributed by atoms with Gasteiger partial charge in [-0.25, -0.2) is 4.79 Å². The Labute approximate surface area is 126 Å². The molecule has 2 unspecified atom stereocenters. The molecule has 1 aromatic carbocycles. The highest BCUT2D eigenvalue weighted by Crippen LogP contribution is 2.27. The number of rotatable bonds is 5. The predicted octanol–water partition coefficient (Wildman–Crippen LogP) is 2.80. The lowest BCUT2D eigenvalue weighted by Gasteiger charge is -2.26. The van der Waals surface area contributed by atoms with Crippen LogP contribution in [0.3, 0.4) is 0 Å². The Hall–Kier alpha value is -1.55. The highest BCUT2D eigenvalue weighted by molar-refractivity contribution is 5.73. The van der Waals surface area contributed by atoms with Crippen LogP contribution in [-0.2, 0) is 13.2 Å². The number of aliphatic hydroxyl groups is 1. The molecule has 2 atom stereocenters. The van der Waals surface area contributed by atoms with Crippen LogP contribution in [0.1, 0.15) is 43.7 Å². The molecule has 21 heavy (non-hydrogen) atoms. The van der Waals surface area contributed by atoms with E-state index < -0.39 is 0 Å². The minimum atomic E-state index is -0.124. The summed E-state index contributed by atoms with van der Waals surface area (Å²) in [4.78, 5) is 11.9. The number of aliphatic hydroxyl groups excluding tert-OH is 1. The van der Waals surface area contributed by atoms with E-state index in [1.54, 1.807) is 0 Å². The average molecular weight is 290 g/mol. The molecule has 0 saturated heterocycles. The number of nitrogens with one attached hydrogen (secondary N) is 2. The van der Waals surface area contributed by atoms with E-state index in [1.165, 1.54) is 25.7 Å². The molecule has 116 valence electrons. The maximum Gasteiger partial charge on any atom is 0.315 e. The molecule has 2 rings (SSSR count). The van der Waals surface area contributed by atoms with Crippen molar-refractivity contribution in [1.29, 1.82) is 0 Å². The lowest BCUT2D eigenvalue weighted by Crippen LogP contribution is -2.38. The summed E-state index contributed by atoms with van der Waals surface area (Å²) in [6, 6.07) is 7.48. The van der Waals surface area contributed by atoms with E-state index in [9.17, 15) is 9.90 Å². The number of benzene rings is 1. The lowest BCUT2D eigenvalue weighted by atomic mass is 9.82. The fourth-order valence-corrected chi connectivity index (χ4v) is 3.10. The summed E-state index contributed by atoms with van der Waals surface area (Å²) in [7, 11) is 0. The van der Waals surface area contributed by atoms with Gasteiger partial charge in [0.25, 0.3) is 0 Å². The summed E-state index contributed by atoms with van der Waals surface area (Å²) < 4.78 is 0. The minimum Gasteiger partial charge on any atom is -0.392 e. The van der Waals surface area contributed by atoms with Gasteiger partial charge in [-0.2, -0.15) is 0 Å². The zero-order chi connectivity index (χ0) is 15.1. The molecule has 3 N–H and O–H groups in total. The Morgan fingerprint density at radius 3 is 2.71 bits per heavy atom. The average Bonchev–Trinajstić information content (AvgIpc) is 2.51. The third-order valence-electron chi connectivity index (χ3n) is 4.32. The van der Waals surface area contributed by atoms with Crippen molar-refractivity contribution in [3.05, 3.63) is 35.4 Å². The molecule has 0 spiro atoms. The predicted molar refractivity (Wildman–Crippen MR) is 83.7 cm³/mol. The summed E-state index contributed by atoms with van der Waals surface area (Å²) in [5.74, 6) is 1.40. The second-order valence-corrected chi connectivity index (χ2v) is 6.13. The van der Waals surface area contributed by atoms with Crippen LogP contribution in [0.5, 0.6) is 0 Å². The Kier molecular flexibility index (Phi) is 6.05. The van der Waals surface area contributed by atoms with Gasteiger partial charge in [0.05, 0.1) is 6.61 Å². The zero-order valence-electron chi connectivity index (χ0n) is 12.8. The van der Waals surface area contributed by atoms with Crippen molar-refractivity contribution < 1.29 is 9.90 Å². The maximum absolute atomic E-state index is 11.9. The smallest absolute Gasteiger partial charge is 0.315 e. The molecule has 1 aliphatic carbocycles. The van der Waals surface area contributed by atoms with Gasteiger partial charge in [-0.1, -0.05) is 44.0 Å². The van der Waals surface area contributed by atoms with Crippen molar-refractivity contribution in [2.75, 3.05) is 6.54 Å². The first-order chi connectivity index (χ1) is 10.2. The van der Waals surface area contributed by atoms with Crippen molar-refractivity contribution in [3.8, 4) is 0 Å². The highest BCUT2D eigenvalue weighted by Gasteiger charge is 2.19. The minimum absolute atomic E-state index is 0.000561. The Balaban J connectivity index is 1.72.